The molecule has 2 heteroatoms. The van der Waals surface area contributed by atoms with Crippen molar-refractivity contribution in [1.82, 2.24) is 0 Å². The molecular formula is C14H28O2. The molecule has 1 aliphatic heterocycles. The van der Waals surface area contributed by atoms with Gasteiger partial charge in [0.15, 0.2) is 6.29 Å². The third kappa shape index (κ3) is 3.46. The van der Waals surface area contributed by atoms with Crippen LogP contribution in [0.25, 0.3) is 0 Å². The van der Waals surface area contributed by atoms with E-state index in [1.807, 2.05) is 6.92 Å². The first-order valence-electron chi connectivity index (χ1n) is 6.59. The maximum Gasteiger partial charge on any atom is 0.160 e. The van der Waals surface area contributed by atoms with Crippen molar-refractivity contribution in [3.05, 3.63) is 0 Å². The highest BCUT2D eigenvalue weighted by atomic mass is 16.7. The van der Waals surface area contributed by atoms with Gasteiger partial charge in [-0.15, -0.1) is 0 Å². The van der Waals surface area contributed by atoms with Gasteiger partial charge in [0.25, 0.3) is 0 Å². The van der Waals surface area contributed by atoms with Crippen LogP contribution >= 0.6 is 0 Å². The zero-order chi connectivity index (χ0) is 12.3. The van der Waals surface area contributed by atoms with Crippen LogP contribution < -0.4 is 0 Å². The van der Waals surface area contributed by atoms with E-state index >= 15 is 0 Å². The van der Waals surface area contributed by atoms with Gasteiger partial charge in [0.05, 0.1) is 6.61 Å². The second-order valence-electron chi connectivity index (χ2n) is 6.32. The molecule has 0 aromatic carbocycles. The maximum atomic E-state index is 5.94. The molecule has 1 fully saturated rings. The van der Waals surface area contributed by atoms with Gasteiger partial charge in [-0.2, -0.15) is 0 Å². The van der Waals surface area contributed by atoms with Crippen molar-refractivity contribution in [2.24, 2.45) is 23.2 Å². The quantitative estimate of drug-likeness (QED) is 0.717. The molecule has 1 saturated heterocycles. The minimum atomic E-state index is -0.000185. The molecule has 96 valence electrons. The summed E-state index contributed by atoms with van der Waals surface area (Å²) < 4.78 is 11.6. The highest BCUT2D eigenvalue weighted by molar-refractivity contribution is 4.82. The molecule has 0 aromatic heterocycles. The Morgan fingerprint density at radius 1 is 1.19 bits per heavy atom. The van der Waals surface area contributed by atoms with Gasteiger partial charge in [0, 0.05) is 12.5 Å². The summed E-state index contributed by atoms with van der Waals surface area (Å²) in [4.78, 5) is 0. The largest absolute Gasteiger partial charge is 0.353 e. The van der Waals surface area contributed by atoms with E-state index in [1.165, 1.54) is 6.42 Å². The predicted octanol–water partition coefficient (Wildman–Crippen LogP) is 3.70. The molecule has 1 aliphatic rings. The van der Waals surface area contributed by atoms with Gasteiger partial charge in [0.2, 0.25) is 0 Å². The van der Waals surface area contributed by atoms with Crippen LogP contribution in [0, 0.1) is 23.2 Å². The Kier molecular flexibility index (Phi) is 4.81. The summed E-state index contributed by atoms with van der Waals surface area (Å²) in [5.41, 5.74) is 0.320. The summed E-state index contributed by atoms with van der Waals surface area (Å²) in [6.45, 7) is 15.1. The van der Waals surface area contributed by atoms with Gasteiger partial charge in [-0.3, -0.25) is 0 Å². The fraction of sp³-hybridized carbons (Fsp3) is 1.00. The minimum absolute atomic E-state index is 0.000185. The van der Waals surface area contributed by atoms with E-state index in [1.54, 1.807) is 0 Å². The van der Waals surface area contributed by atoms with Crippen LogP contribution in [0.4, 0.5) is 0 Å². The number of hydrogen-bond acceptors (Lipinski definition) is 2. The lowest BCUT2D eigenvalue weighted by Crippen LogP contribution is -2.30. The van der Waals surface area contributed by atoms with Gasteiger partial charge in [-0.05, 0) is 30.6 Å². The Labute approximate surface area is 101 Å². The molecule has 0 spiro atoms. The van der Waals surface area contributed by atoms with E-state index in [9.17, 15) is 0 Å². The van der Waals surface area contributed by atoms with Crippen molar-refractivity contribution in [2.45, 2.75) is 54.3 Å². The molecule has 0 aliphatic carbocycles. The molecule has 1 heterocycles. The highest BCUT2D eigenvalue weighted by Crippen LogP contribution is 2.39. The summed E-state index contributed by atoms with van der Waals surface area (Å²) >= 11 is 0. The van der Waals surface area contributed by atoms with Gasteiger partial charge in [-0.25, -0.2) is 0 Å². The van der Waals surface area contributed by atoms with E-state index in [2.05, 4.69) is 34.6 Å². The summed E-state index contributed by atoms with van der Waals surface area (Å²) in [6, 6.07) is 0. The van der Waals surface area contributed by atoms with Crippen LogP contribution in [0.3, 0.4) is 0 Å². The lowest BCUT2D eigenvalue weighted by molar-refractivity contribution is -0.167. The van der Waals surface area contributed by atoms with Crippen LogP contribution in [0.2, 0.25) is 0 Å². The second-order valence-corrected chi connectivity index (χ2v) is 6.32. The van der Waals surface area contributed by atoms with Crippen LogP contribution in [0.15, 0.2) is 0 Å². The summed E-state index contributed by atoms with van der Waals surface area (Å²) in [5, 5.41) is 0. The average Bonchev–Trinajstić information content (AvgIpc) is 2.26. The van der Waals surface area contributed by atoms with E-state index in [4.69, 9.17) is 9.47 Å². The molecule has 2 nitrogen and oxygen atoms in total. The monoisotopic (exact) mass is 228 g/mol. The Balaban J connectivity index is 2.68. The normalized spacial score (nSPS) is 37.1. The molecular weight excluding hydrogens is 200 g/mol. The topological polar surface area (TPSA) is 18.5 Å². The molecule has 0 radical (unpaired) electrons. The van der Waals surface area contributed by atoms with Crippen LogP contribution in [0.5, 0.6) is 0 Å². The summed E-state index contributed by atoms with van der Waals surface area (Å²) in [6.07, 6.45) is 1.20. The molecule has 4 unspecified atom stereocenters. The first-order chi connectivity index (χ1) is 7.36. The molecule has 16 heavy (non-hydrogen) atoms. The minimum Gasteiger partial charge on any atom is -0.353 e. The molecule has 1 rings (SSSR count). The molecule has 0 N–H and O–H groups in total. The van der Waals surface area contributed by atoms with Crippen LogP contribution in [-0.4, -0.2) is 19.5 Å². The Hall–Kier alpha value is -0.0800. The molecule has 0 bridgehead atoms. The fourth-order valence-electron chi connectivity index (χ4n) is 2.87. The zero-order valence-electron chi connectivity index (χ0n) is 11.7. The third-order valence-corrected chi connectivity index (χ3v) is 3.78. The first-order valence-corrected chi connectivity index (χ1v) is 6.59. The van der Waals surface area contributed by atoms with Crippen molar-refractivity contribution in [1.29, 1.82) is 0 Å². The van der Waals surface area contributed by atoms with Gasteiger partial charge < -0.3 is 9.47 Å². The smallest absolute Gasteiger partial charge is 0.160 e. The molecule has 0 amide bonds. The number of rotatable bonds is 2. The van der Waals surface area contributed by atoms with Crippen molar-refractivity contribution >= 4 is 0 Å². The molecule has 4 atom stereocenters. The third-order valence-electron chi connectivity index (χ3n) is 3.78. The summed E-state index contributed by atoms with van der Waals surface area (Å²) in [5.74, 6) is 1.84. The Bertz CT molecular complexity index is 207. The van der Waals surface area contributed by atoms with Crippen LogP contribution in [-0.2, 0) is 9.47 Å². The number of ether oxygens (including phenoxy) is 2. The lowest BCUT2D eigenvalue weighted by Gasteiger charge is -2.33. The van der Waals surface area contributed by atoms with Gasteiger partial charge in [0.1, 0.15) is 0 Å². The number of hydrogen-bond donors (Lipinski definition) is 0. The van der Waals surface area contributed by atoms with E-state index < -0.39 is 0 Å². The maximum absolute atomic E-state index is 5.94. The Morgan fingerprint density at radius 3 is 2.31 bits per heavy atom. The van der Waals surface area contributed by atoms with E-state index in [0.29, 0.717) is 23.2 Å². The van der Waals surface area contributed by atoms with Crippen LogP contribution in [0.1, 0.15) is 48.0 Å². The molecule has 0 saturated carbocycles. The standard InChI is InChI=1S/C14H28O2/c1-7-15-13-11(3)8-10(2)12(9-16-13)14(4,5)6/h10-13H,7-9H2,1-6H3. The van der Waals surface area contributed by atoms with Gasteiger partial charge in [-0.1, -0.05) is 34.6 Å². The SMILES string of the molecule is CCOC1OCC(C(C)(C)C)C(C)CC1C. The average molecular weight is 228 g/mol. The zero-order valence-corrected chi connectivity index (χ0v) is 11.7. The fourth-order valence-corrected chi connectivity index (χ4v) is 2.87. The van der Waals surface area contributed by atoms with Crippen molar-refractivity contribution < 1.29 is 9.47 Å². The first kappa shape index (κ1) is 14.0. The van der Waals surface area contributed by atoms with Gasteiger partial charge >= 0.3 is 0 Å². The molecule has 0 aromatic rings. The van der Waals surface area contributed by atoms with Crippen molar-refractivity contribution in [3.63, 3.8) is 0 Å². The van der Waals surface area contributed by atoms with Crippen molar-refractivity contribution in [2.75, 3.05) is 13.2 Å². The summed E-state index contributed by atoms with van der Waals surface area (Å²) in [7, 11) is 0. The lowest BCUT2D eigenvalue weighted by atomic mass is 9.72. The highest BCUT2D eigenvalue weighted by Gasteiger charge is 2.36. The second kappa shape index (κ2) is 5.50. The van der Waals surface area contributed by atoms with Crippen molar-refractivity contribution in [3.8, 4) is 0 Å². The Morgan fingerprint density at radius 2 is 1.81 bits per heavy atom. The predicted molar refractivity (Wildman–Crippen MR) is 67.3 cm³/mol. The van der Waals surface area contributed by atoms with E-state index in [-0.39, 0.29) is 6.29 Å². The van der Waals surface area contributed by atoms with E-state index in [0.717, 1.165) is 13.2 Å².